The lowest BCUT2D eigenvalue weighted by atomic mass is 10.6. The molecular weight excluding hydrogens is 180 g/mol. The minimum atomic E-state index is 0.792. The molecule has 0 aliphatic rings. The summed E-state index contributed by atoms with van der Waals surface area (Å²) >= 11 is 3.22. The third-order valence-electron chi connectivity index (χ3n) is 0.612. The van der Waals surface area contributed by atoms with Gasteiger partial charge in [-0.05, 0) is 29.6 Å². The molecule has 0 rings (SSSR count). The van der Waals surface area contributed by atoms with Gasteiger partial charge in [-0.1, -0.05) is 0 Å². The van der Waals surface area contributed by atoms with E-state index < -0.39 is 0 Å². The molecule has 50 valence electrons. The number of hydrogen-bond acceptors (Lipinski definition) is 2. The Labute approximate surface area is 63.5 Å². The van der Waals surface area contributed by atoms with E-state index >= 15 is 0 Å². The van der Waals surface area contributed by atoms with Gasteiger partial charge in [-0.25, -0.2) is 0 Å². The molecule has 0 aliphatic heterocycles. The molecule has 0 unspecified atom stereocenters. The zero-order chi connectivity index (χ0) is 7.11. The summed E-state index contributed by atoms with van der Waals surface area (Å²) in [5.41, 5.74) is 0. The van der Waals surface area contributed by atoms with E-state index in [2.05, 4.69) is 32.6 Å². The lowest BCUT2D eigenvalue weighted by Crippen LogP contribution is -1.73. The molecule has 0 aromatic heterocycles. The lowest BCUT2D eigenvalue weighted by Gasteiger charge is -1.82. The van der Waals surface area contributed by atoms with Crippen LogP contribution in [-0.2, 0) is 0 Å². The molecule has 0 spiro atoms. The zero-order valence-electron chi connectivity index (χ0n) is 5.34. The average molecular weight is 189 g/mol. The smallest absolute Gasteiger partial charge is 0.0536 e. The quantitative estimate of drug-likeness (QED) is 0.606. The Morgan fingerprint density at radius 1 is 1.78 bits per heavy atom. The van der Waals surface area contributed by atoms with Crippen molar-refractivity contribution in [2.75, 3.05) is 6.54 Å². The molecule has 0 bridgehead atoms. The summed E-state index contributed by atoms with van der Waals surface area (Å²) in [4.78, 5) is 7.50. The van der Waals surface area contributed by atoms with E-state index in [1.807, 2.05) is 6.92 Å². The van der Waals surface area contributed by atoms with Crippen molar-refractivity contribution < 1.29 is 0 Å². The van der Waals surface area contributed by atoms with E-state index in [0.29, 0.717) is 0 Å². The van der Waals surface area contributed by atoms with Crippen molar-refractivity contribution >= 4 is 28.9 Å². The molecule has 0 aromatic rings. The fourth-order valence-corrected chi connectivity index (χ4v) is 0.589. The van der Waals surface area contributed by atoms with Crippen LogP contribution in [0.1, 0.15) is 6.92 Å². The van der Waals surface area contributed by atoms with Gasteiger partial charge in [0.15, 0.2) is 0 Å². The van der Waals surface area contributed by atoms with Crippen LogP contribution in [0.5, 0.6) is 0 Å². The van der Waals surface area contributed by atoms with Crippen molar-refractivity contribution in [1.82, 2.24) is 0 Å². The van der Waals surface area contributed by atoms with Crippen LogP contribution in [0, 0.1) is 0 Å². The van der Waals surface area contributed by atoms with Crippen molar-refractivity contribution in [3.8, 4) is 0 Å². The largest absolute Gasteiger partial charge is 0.292 e. The third-order valence-corrected chi connectivity index (χ3v) is 1.02. The molecule has 0 aromatic carbocycles. The van der Waals surface area contributed by atoms with Crippen LogP contribution in [0.2, 0.25) is 0 Å². The maximum absolute atomic E-state index is 3.96. The maximum atomic E-state index is 3.96. The molecule has 0 N–H and O–H groups in total. The first-order valence-electron chi connectivity index (χ1n) is 2.62. The Bertz CT molecular complexity index is 138. The number of aliphatic imine (C=N–C) groups is 2. The molecular formula is C6H9BrN2. The molecule has 0 atom stereocenters. The summed E-state index contributed by atoms with van der Waals surface area (Å²) in [6.07, 6.45) is 3.30. The number of hydrogen-bond donors (Lipinski definition) is 0. The second kappa shape index (κ2) is 5.69. The Morgan fingerprint density at radius 3 is 2.89 bits per heavy atom. The van der Waals surface area contributed by atoms with E-state index in [0.717, 1.165) is 11.0 Å². The topological polar surface area (TPSA) is 24.7 Å². The Morgan fingerprint density at radius 2 is 2.44 bits per heavy atom. The van der Waals surface area contributed by atoms with Crippen LogP contribution < -0.4 is 0 Å². The summed E-state index contributed by atoms with van der Waals surface area (Å²) in [5, 5.41) is 0. The fraction of sp³-hybridized carbons (Fsp3) is 0.333. The molecule has 0 amide bonds. The average Bonchev–Trinajstić information content (AvgIpc) is 1.85. The second-order valence-electron chi connectivity index (χ2n) is 1.32. The van der Waals surface area contributed by atoms with E-state index in [1.54, 1.807) is 12.4 Å². The van der Waals surface area contributed by atoms with Gasteiger partial charge in [-0.3, -0.25) is 9.98 Å². The Hall–Kier alpha value is -0.440. The summed E-state index contributed by atoms with van der Waals surface area (Å²) in [6, 6.07) is 0. The molecule has 0 radical (unpaired) electrons. The lowest BCUT2D eigenvalue weighted by molar-refractivity contribution is 1.14. The summed E-state index contributed by atoms with van der Waals surface area (Å²) in [5.74, 6) is 0. The predicted molar refractivity (Wildman–Crippen MR) is 45.6 cm³/mol. The van der Waals surface area contributed by atoms with E-state index in [9.17, 15) is 0 Å². The van der Waals surface area contributed by atoms with Crippen LogP contribution in [0.3, 0.4) is 0 Å². The molecule has 3 heteroatoms. The van der Waals surface area contributed by atoms with Gasteiger partial charge in [-0.2, -0.15) is 0 Å². The van der Waals surface area contributed by atoms with Crippen molar-refractivity contribution in [2.24, 2.45) is 9.98 Å². The van der Waals surface area contributed by atoms with E-state index in [-0.39, 0.29) is 0 Å². The predicted octanol–water partition coefficient (Wildman–Crippen LogP) is 2.01. The minimum Gasteiger partial charge on any atom is -0.292 e. The van der Waals surface area contributed by atoms with Crippen LogP contribution in [0.15, 0.2) is 20.7 Å². The number of halogens is 1. The van der Waals surface area contributed by atoms with Gasteiger partial charge in [-0.15, -0.1) is 0 Å². The SMILES string of the molecule is C=N/C=C(/Br)C=NCC. The van der Waals surface area contributed by atoms with Crippen LogP contribution >= 0.6 is 15.9 Å². The van der Waals surface area contributed by atoms with Gasteiger partial charge >= 0.3 is 0 Å². The Kier molecular flexibility index (Phi) is 5.41. The van der Waals surface area contributed by atoms with Crippen LogP contribution in [0.25, 0.3) is 0 Å². The highest BCUT2D eigenvalue weighted by Gasteiger charge is 1.78. The standard InChI is InChI=1S/C6H9BrN2/c1-3-9-5-6(7)4-8-2/h4-5H,2-3H2,1H3/b6-4+,9-5?. The molecule has 0 saturated heterocycles. The molecule has 0 fully saturated rings. The molecule has 9 heavy (non-hydrogen) atoms. The number of rotatable bonds is 3. The van der Waals surface area contributed by atoms with Gasteiger partial charge in [0.25, 0.3) is 0 Å². The van der Waals surface area contributed by atoms with Gasteiger partial charge in [0.2, 0.25) is 0 Å². The van der Waals surface area contributed by atoms with Gasteiger partial charge in [0.1, 0.15) is 0 Å². The Balaban J connectivity index is 3.74. The van der Waals surface area contributed by atoms with E-state index in [1.165, 1.54) is 0 Å². The number of allylic oxidation sites excluding steroid dienone is 1. The summed E-state index contributed by atoms with van der Waals surface area (Å²) < 4.78 is 0.847. The van der Waals surface area contributed by atoms with E-state index in [4.69, 9.17) is 0 Å². The van der Waals surface area contributed by atoms with Gasteiger partial charge in [0, 0.05) is 19.0 Å². The first-order valence-corrected chi connectivity index (χ1v) is 3.42. The first kappa shape index (κ1) is 8.56. The molecule has 0 aliphatic carbocycles. The van der Waals surface area contributed by atoms with Gasteiger partial charge in [0.05, 0.1) is 4.48 Å². The zero-order valence-corrected chi connectivity index (χ0v) is 6.93. The van der Waals surface area contributed by atoms with Crippen LogP contribution in [0.4, 0.5) is 0 Å². The highest BCUT2D eigenvalue weighted by Crippen LogP contribution is 1.99. The summed E-state index contributed by atoms with van der Waals surface area (Å²) in [6.45, 7) is 6.05. The molecule has 0 heterocycles. The van der Waals surface area contributed by atoms with Crippen molar-refractivity contribution in [3.05, 3.63) is 10.7 Å². The molecule has 0 saturated carbocycles. The van der Waals surface area contributed by atoms with Gasteiger partial charge < -0.3 is 0 Å². The molecule has 2 nitrogen and oxygen atoms in total. The van der Waals surface area contributed by atoms with Crippen molar-refractivity contribution in [1.29, 1.82) is 0 Å². The highest BCUT2D eigenvalue weighted by molar-refractivity contribution is 9.12. The highest BCUT2D eigenvalue weighted by atomic mass is 79.9. The maximum Gasteiger partial charge on any atom is 0.0536 e. The van der Waals surface area contributed by atoms with Crippen LogP contribution in [-0.4, -0.2) is 19.5 Å². The van der Waals surface area contributed by atoms with Crippen molar-refractivity contribution in [3.63, 3.8) is 0 Å². The number of nitrogens with zero attached hydrogens (tertiary/aromatic N) is 2. The normalized spacial score (nSPS) is 12.4. The van der Waals surface area contributed by atoms with Crippen molar-refractivity contribution in [2.45, 2.75) is 6.92 Å². The fourth-order valence-electron chi connectivity index (χ4n) is 0.299. The minimum absolute atomic E-state index is 0.792. The monoisotopic (exact) mass is 188 g/mol. The summed E-state index contributed by atoms with van der Waals surface area (Å²) in [7, 11) is 0. The third kappa shape index (κ3) is 5.43. The first-order chi connectivity index (χ1) is 4.31. The second-order valence-corrected chi connectivity index (χ2v) is 2.24.